The summed E-state index contributed by atoms with van der Waals surface area (Å²) in [6, 6.07) is 9.36. The molecule has 0 bridgehead atoms. The Hall–Kier alpha value is -3.53. The molecule has 1 saturated carbocycles. The van der Waals surface area contributed by atoms with Crippen molar-refractivity contribution >= 4 is 17.5 Å². The lowest BCUT2D eigenvalue weighted by Crippen LogP contribution is -2.46. The minimum atomic E-state index is -1.06. The first-order valence-corrected chi connectivity index (χ1v) is 9.82. The van der Waals surface area contributed by atoms with Crippen LogP contribution < -0.4 is 19.7 Å². The predicted molar refractivity (Wildman–Crippen MR) is 108 cm³/mol. The van der Waals surface area contributed by atoms with Gasteiger partial charge < -0.3 is 14.8 Å². The van der Waals surface area contributed by atoms with E-state index >= 15 is 0 Å². The molecule has 0 radical (unpaired) electrons. The van der Waals surface area contributed by atoms with Gasteiger partial charge in [-0.1, -0.05) is 25.0 Å². The molecule has 1 aliphatic carbocycles. The molecule has 2 aromatic rings. The molecule has 1 atom stereocenters. The summed E-state index contributed by atoms with van der Waals surface area (Å²) in [5.41, 5.74) is 0.839. The summed E-state index contributed by atoms with van der Waals surface area (Å²) >= 11 is 0. The molecule has 4 rings (SSSR count). The first-order valence-electron chi connectivity index (χ1n) is 9.82. The minimum absolute atomic E-state index is 0.0417. The van der Waals surface area contributed by atoms with E-state index in [4.69, 9.17) is 15.9 Å². The molecule has 30 heavy (non-hydrogen) atoms. The van der Waals surface area contributed by atoms with Gasteiger partial charge >= 0.3 is 5.91 Å². The Balaban J connectivity index is 1.76. The maximum Gasteiger partial charge on any atom is 0.303 e. The highest BCUT2D eigenvalue weighted by atomic mass is 19.1. The van der Waals surface area contributed by atoms with Crippen molar-refractivity contribution < 1.29 is 23.5 Å². The number of halogens is 1. The molecular formula is C23H21FN2O4. The summed E-state index contributed by atoms with van der Waals surface area (Å²) < 4.78 is 24.3. The highest BCUT2D eigenvalue weighted by Gasteiger charge is 2.34. The average Bonchev–Trinajstić information content (AvgIpc) is 3.43. The van der Waals surface area contributed by atoms with Crippen molar-refractivity contribution in [1.82, 2.24) is 5.32 Å². The van der Waals surface area contributed by atoms with Crippen molar-refractivity contribution in [2.45, 2.75) is 37.8 Å². The maximum atomic E-state index is 13.5. The van der Waals surface area contributed by atoms with Crippen molar-refractivity contribution in [2.24, 2.45) is 0 Å². The van der Waals surface area contributed by atoms with Crippen LogP contribution in [-0.2, 0) is 9.59 Å². The predicted octanol–water partition coefficient (Wildman–Crippen LogP) is 3.32. The van der Waals surface area contributed by atoms with E-state index in [1.54, 1.807) is 18.2 Å². The highest BCUT2D eigenvalue weighted by Crippen LogP contribution is 2.38. The number of hydrogen-bond acceptors (Lipinski definition) is 4. The van der Waals surface area contributed by atoms with Gasteiger partial charge in [0.25, 0.3) is 0 Å². The Bertz CT molecular complexity index is 993. The molecule has 1 aliphatic heterocycles. The third-order valence-electron chi connectivity index (χ3n) is 5.37. The van der Waals surface area contributed by atoms with Gasteiger partial charge in [0.05, 0.1) is 0 Å². The summed E-state index contributed by atoms with van der Waals surface area (Å²) in [6.45, 7) is 0.0748. The molecule has 0 saturated heterocycles. The second kappa shape index (κ2) is 8.46. The van der Waals surface area contributed by atoms with E-state index in [0.717, 1.165) is 25.7 Å². The van der Waals surface area contributed by atoms with Crippen LogP contribution in [0.25, 0.3) is 0 Å². The second-order valence-corrected chi connectivity index (χ2v) is 7.30. The Morgan fingerprint density at radius 1 is 1.10 bits per heavy atom. The number of benzene rings is 2. The van der Waals surface area contributed by atoms with Gasteiger partial charge in [-0.05, 0) is 48.6 Å². The van der Waals surface area contributed by atoms with E-state index in [0.29, 0.717) is 22.7 Å². The molecular weight excluding hydrogens is 387 g/mol. The fourth-order valence-electron chi connectivity index (χ4n) is 3.90. The number of fused-ring (bicyclic) bond motifs is 1. The van der Waals surface area contributed by atoms with Crippen LogP contribution in [0.1, 0.15) is 37.3 Å². The number of ether oxygens (including phenoxy) is 2. The quantitative estimate of drug-likeness (QED) is 0.771. The van der Waals surface area contributed by atoms with Gasteiger partial charge in [0.2, 0.25) is 12.7 Å². The molecule has 7 heteroatoms. The van der Waals surface area contributed by atoms with E-state index in [9.17, 15) is 14.0 Å². The molecule has 154 valence electrons. The maximum absolute atomic E-state index is 13.5. The lowest BCUT2D eigenvalue weighted by molar-refractivity contribution is -0.125. The van der Waals surface area contributed by atoms with Crippen LogP contribution >= 0.6 is 0 Å². The largest absolute Gasteiger partial charge is 0.454 e. The minimum Gasteiger partial charge on any atom is -0.454 e. The molecule has 1 N–H and O–H groups in total. The lowest BCUT2D eigenvalue weighted by atomic mass is 10.0. The first-order chi connectivity index (χ1) is 14.6. The van der Waals surface area contributed by atoms with E-state index in [1.807, 2.05) is 0 Å². The van der Waals surface area contributed by atoms with Crippen molar-refractivity contribution in [1.29, 1.82) is 0 Å². The zero-order valence-corrected chi connectivity index (χ0v) is 16.3. The van der Waals surface area contributed by atoms with Gasteiger partial charge in [0, 0.05) is 17.8 Å². The molecule has 0 spiro atoms. The third-order valence-corrected chi connectivity index (χ3v) is 5.37. The van der Waals surface area contributed by atoms with Gasteiger partial charge in [-0.2, -0.15) is 0 Å². The molecule has 1 heterocycles. The van der Waals surface area contributed by atoms with Crippen molar-refractivity contribution in [3.8, 4) is 23.8 Å². The number of terminal acetylenes is 1. The summed E-state index contributed by atoms with van der Waals surface area (Å²) in [5, 5.41) is 3.02. The third kappa shape index (κ3) is 3.94. The van der Waals surface area contributed by atoms with Gasteiger partial charge in [0.15, 0.2) is 11.5 Å². The molecule has 2 aromatic carbocycles. The fourth-order valence-corrected chi connectivity index (χ4v) is 3.90. The Morgan fingerprint density at radius 2 is 1.80 bits per heavy atom. The number of rotatable bonds is 5. The second-order valence-electron chi connectivity index (χ2n) is 7.30. The number of nitrogens with zero attached hydrogens (tertiary/aromatic N) is 1. The SMILES string of the molecule is C#CC(=O)N(c1ccc2c(c1)OCO2)C(C(=O)NC1CCCC1)c1ccc(F)cc1. The lowest BCUT2D eigenvalue weighted by Gasteiger charge is -2.31. The number of carbonyl (C=O) groups excluding carboxylic acids is 2. The summed E-state index contributed by atoms with van der Waals surface area (Å²) in [5.74, 6) is 1.61. The monoisotopic (exact) mass is 408 g/mol. The molecule has 1 fully saturated rings. The smallest absolute Gasteiger partial charge is 0.303 e. The summed E-state index contributed by atoms with van der Waals surface area (Å²) in [7, 11) is 0. The van der Waals surface area contributed by atoms with E-state index in [-0.39, 0.29) is 18.7 Å². The molecule has 1 unspecified atom stereocenters. The van der Waals surface area contributed by atoms with Crippen molar-refractivity contribution in [3.63, 3.8) is 0 Å². The zero-order valence-electron chi connectivity index (χ0n) is 16.3. The highest BCUT2D eigenvalue weighted by molar-refractivity contribution is 6.09. The van der Waals surface area contributed by atoms with Crippen LogP contribution in [0.4, 0.5) is 10.1 Å². The van der Waals surface area contributed by atoms with Gasteiger partial charge in [-0.15, -0.1) is 6.42 Å². The van der Waals surface area contributed by atoms with Crippen molar-refractivity contribution in [3.05, 3.63) is 53.8 Å². The van der Waals surface area contributed by atoms with E-state index < -0.39 is 17.8 Å². The van der Waals surface area contributed by atoms with E-state index in [1.165, 1.54) is 29.2 Å². The number of nitrogens with one attached hydrogen (secondary N) is 1. The standard InChI is InChI=1S/C23H21FN2O4/c1-2-21(27)26(18-11-12-19-20(13-18)30-14-29-19)22(15-7-9-16(24)10-8-15)23(28)25-17-5-3-4-6-17/h1,7-13,17,22H,3-6,14H2,(H,25,28). The van der Waals surface area contributed by atoms with Crippen LogP contribution in [0, 0.1) is 18.2 Å². The van der Waals surface area contributed by atoms with Gasteiger partial charge in [-0.3, -0.25) is 14.5 Å². The molecule has 0 aromatic heterocycles. The summed E-state index contributed by atoms with van der Waals surface area (Å²) in [6.07, 6.45) is 9.29. The van der Waals surface area contributed by atoms with E-state index in [2.05, 4.69) is 11.2 Å². The van der Waals surface area contributed by atoms with Crippen molar-refractivity contribution in [2.75, 3.05) is 11.7 Å². The van der Waals surface area contributed by atoms with Crippen LogP contribution in [-0.4, -0.2) is 24.6 Å². The summed E-state index contributed by atoms with van der Waals surface area (Å²) in [4.78, 5) is 27.4. The van der Waals surface area contributed by atoms with Gasteiger partial charge in [-0.25, -0.2) is 4.39 Å². The van der Waals surface area contributed by atoms with Crippen LogP contribution in [0.15, 0.2) is 42.5 Å². The van der Waals surface area contributed by atoms with Gasteiger partial charge in [0.1, 0.15) is 11.9 Å². The fraction of sp³-hybridized carbons (Fsp3) is 0.304. The Labute approximate surface area is 174 Å². The van der Waals surface area contributed by atoms with Crippen LogP contribution in [0.2, 0.25) is 0 Å². The Morgan fingerprint density at radius 3 is 2.50 bits per heavy atom. The number of anilines is 1. The average molecular weight is 408 g/mol. The number of amides is 2. The van der Waals surface area contributed by atoms with Crippen LogP contribution in [0.5, 0.6) is 11.5 Å². The zero-order chi connectivity index (χ0) is 21.1. The number of hydrogen-bond donors (Lipinski definition) is 1. The molecule has 2 aliphatic rings. The topological polar surface area (TPSA) is 67.9 Å². The molecule has 2 amide bonds. The number of carbonyl (C=O) groups is 2. The Kier molecular flexibility index (Phi) is 5.57. The molecule has 6 nitrogen and oxygen atoms in total. The first kappa shape index (κ1) is 19.8. The normalized spacial score (nSPS) is 16.0. The van der Waals surface area contributed by atoms with Crippen LogP contribution in [0.3, 0.4) is 0 Å².